The molecule has 0 saturated carbocycles. The van der Waals surface area contributed by atoms with E-state index >= 15 is 0 Å². The third kappa shape index (κ3) is 2.92. The van der Waals surface area contributed by atoms with Gasteiger partial charge in [-0.15, -0.1) is 0 Å². The zero-order chi connectivity index (χ0) is 10.7. The summed E-state index contributed by atoms with van der Waals surface area (Å²) in [5.74, 6) is 0.420. The van der Waals surface area contributed by atoms with Gasteiger partial charge in [-0.2, -0.15) is 0 Å². The van der Waals surface area contributed by atoms with E-state index in [0.29, 0.717) is 6.04 Å². The van der Waals surface area contributed by atoms with Crippen LogP contribution in [0.1, 0.15) is 19.3 Å². The van der Waals surface area contributed by atoms with Crippen molar-refractivity contribution in [3.63, 3.8) is 0 Å². The summed E-state index contributed by atoms with van der Waals surface area (Å²) >= 11 is 0. The monoisotopic (exact) mass is 212 g/mol. The number of ether oxygens (including phenoxy) is 1. The second-order valence-electron chi connectivity index (χ2n) is 4.64. The minimum atomic E-state index is 0.185. The fraction of sp³-hybridized carbons (Fsp3) is 0.909. The predicted octanol–water partition coefficient (Wildman–Crippen LogP) is 0.233. The molecular weight excluding hydrogens is 192 g/mol. The molecule has 1 amide bonds. The third-order valence-corrected chi connectivity index (χ3v) is 3.33. The molecule has 1 unspecified atom stereocenters. The van der Waals surface area contributed by atoms with E-state index in [1.165, 1.54) is 0 Å². The Kier molecular flexibility index (Phi) is 3.59. The number of amides is 1. The Morgan fingerprint density at radius 1 is 1.33 bits per heavy atom. The Morgan fingerprint density at radius 3 is 2.67 bits per heavy atom. The average molecular weight is 212 g/mol. The van der Waals surface area contributed by atoms with Crippen molar-refractivity contribution in [1.82, 2.24) is 10.2 Å². The molecule has 0 spiro atoms. The van der Waals surface area contributed by atoms with Crippen molar-refractivity contribution in [2.45, 2.75) is 25.3 Å². The van der Waals surface area contributed by atoms with Gasteiger partial charge in [0.25, 0.3) is 0 Å². The largest absolute Gasteiger partial charge is 0.381 e. The first-order valence-corrected chi connectivity index (χ1v) is 5.82. The Balaban J connectivity index is 1.76. The number of carbonyl (C=O) groups excluding carboxylic acids is 1. The highest BCUT2D eigenvalue weighted by atomic mass is 16.5. The zero-order valence-corrected chi connectivity index (χ0v) is 9.37. The number of hydrogen-bond acceptors (Lipinski definition) is 3. The van der Waals surface area contributed by atoms with Gasteiger partial charge in [-0.3, -0.25) is 4.79 Å². The van der Waals surface area contributed by atoms with E-state index in [1.54, 1.807) is 0 Å². The Bertz CT molecular complexity index is 227. The second-order valence-corrected chi connectivity index (χ2v) is 4.64. The van der Waals surface area contributed by atoms with Crippen molar-refractivity contribution in [2.24, 2.45) is 5.92 Å². The van der Waals surface area contributed by atoms with Gasteiger partial charge in [-0.25, -0.2) is 0 Å². The van der Waals surface area contributed by atoms with Gasteiger partial charge in [-0.1, -0.05) is 0 Å². The number of rotatable bonds is 2. The molecule has 0 aromatic rings. The third-order valence-electron chi connectivity index (χ3n) is 3.33. The number of likely N-dealkylation sites (tertiary alicyclic amines) is 1. The fourth-order valence-electron chi connectivity index (χ4n) is 2.33. The molecule has 0 aliphatic carbocycles. The molecule has 0 bridgehead atoms. The van der Waals surface area contributed by atoms with E-state index in [1.807, 2.05) is 0 Å². The summed E-state index contributed by atoms with van der Waals surface area (Å²) in [5.41, 5.74) is 0. The van der Waals surface area contributed by atoms with Gasteiger partial charge in [0.15, 0.2) is 0 Å². The molecule has 2 saturated heterocycles. The van der Waals surface area contributed by atoms with Crippen LogP contribution in [0.2, 0.25) is 0 Å². The fourth-order valence-corrected chi connectivity index (χ4v) is 2.33. The van der Waals surface area contributed by atoms with Gasteiger partial charge in [0.2, 0.25) is 5.91 Å². The number of likely N-dealkylation sites (N-methyl/N-ethyl adjacent to an activating group) is 1. The van der Waals surface area contributed by atoms with Crippen LogP contribution in [0.3, 0.4) is 0 Å². The van der Waals surface area contributed by atoms with Crippen LogP contribution in [0.25, 0.3) is 0 Å². The molecule has 0 aromatic heterocycles. The van der Waals surface area contributed by atoms with Gasteiger partial charge < -0.3 is 15.0 Å². The molecule has 0 radical (unpaired) electrons. The molecule has 4 nitrogen and oxygen atoms in total. The van der Waals surface area contributed by atoms with Crippen LogP contribution < -0.4 is 5.32 Å². The molecule has 2 heterocycles. The van der Waals surface area contributed by atoms with E-state index in [9.17, 15) is 4.79 Å². The van der Waals surface area contributed by atoms with Crippen molar-refractivity contribution in [2.75, 3.05) is 33.4 Å². The number of carbonyl (C=O) groups is 1. The van der Waals surface area contributed by atoms with E-state index in [-0.39, 0.29) is 11.8 Å². The molecule has 2 aliphatic rings. The van der Waals surface area contributed by atoms with Crippen molar-refractivity contribution in [3.05, 3.63) is 0 Å². The Morgan fingerprint density at radius 2 is 2.07 bits per heavy atom. The van der Waals surface area contributed by atoms with Crippen LogP contribution in [0.4, 0.5) is 0 Å². The van der Waals surface area contributed by atoms with Crippen molar-refractivity contribution < 1.29 is 9.53 Å². The SMILES string of the molecule is CN1CCC(NC(=O)C2CCOCC2)C1. The van der Waals surface area contributed by atoms with Crippen LogP contribution in [0.15, 0.2) is 0 Å². The molecule has 1 atom stereocenters. The average Bonchev–Trinajstić information content (AvgIpc) is 2.65. The normalized spacial score (nSPS) is 29.3. The van der Waals surface area contributed by atoms with Crippen LogP contribution in [-0.2, 0) is 9.53 Å². The molecule has 2 rings (SSSR count). The summed E-state index contributed by atoms with van der Waals surface area (Å²) in [6.07, 6.45) is 2.86. The molecule has 15 heavy (non-hydrogen) atoms. The summed E-state index contributed by atoms with van der Waals surface area (Å²) in [7, 11) is 2.10. The number of nitrogens with zero attached hydrogens (tertiary/aromatic N) is 1. The van der Waals surface area contributed by atoms with Gasteiger partial charge in [0.05, 0.1) is 0 Å². The summed E-state index contributed by atoms with van der Waals surface area (Å²) in [6, 6.07) is 0.366. The first kappa shape index (κ1) is 10.9. The standard InChI is InChI=1S/C11H20N2O2/c1-13-5-2-10(8-13)12-11(14)9-3-6-15-7-4-9/h9-10H,2-8H2,1H3,(H,12,14). The quantitative estimate of drug-likeness (QED) is 0.712. The lowest BCUT2D eigenvalue weighted by molar-refractivity contribution is -0.128. The lowest BCUT2D eigenvalue weighted by Gasteiger charge is -2.23. The first-order chi connectivity index (χ1) is 7.25. The summed E-state index contributed by atoms with van der Waals surface area (Å²) in [6.45, 7) is 3.57. The minimum Gasteiger partial charge on any atom is -0.381 e. The Hall–Kier alpha value is -0.610. The second kappa shape index (κ2) is 4.94. The highest BCUT2D eigenvalue weighted by molar-refractivity contribution is 5.79. The van der Waals surface area contributed by atoms with Crippen LogP contribution in [-0.4, -0.2) is 50.2 Å². The summed E-state index contributed by atoms with van der Waals surface area (Å²) < 4.78 is 5.25. The number of hydrogen-bond donors (Lipinski definition) is 1. The van der Waals surface area contributed by atoms with E-state index in [2.05, 4.69) is 17.3 Å². The topological polar surface area (TPSA) is 41.6 Å². The molecule has 0 aromatic carbocycles. The minimum absolute atomic E-state index is 0.185. The maximum absolute atomic E-state index is 11.9. The van der Waals surface area contributed by atoms with Crippen LogP contribution in [0.5, 0.6) is 0 Å². The first-order valence-electron chi connectivity index (χ1n) is 5.82. The van der Waals surface area contributed by atoms with Crippen molar-refractivity contribution in [3.8, 4) is 0 Å². The smallest absolute Gasteiger partial charge is 0.223 e. The predicted molar refractivity (Wildman–Crippen MR) is 57.6 cm³/mol. The van der Waals surface area contributed by atoms with Crippen molar-refractivity contribution >= 4 is 5.91 Å². The summed E-state index contributed by atoms with van der Waals surface area (Å²) in [5, 5.41) is 3.14. The molecule has 4 heteroatoms. The highest BCUT2D eigenvalue weighted by Crippen LogP contribution is 2.16. The van der Waals surface area contributed by atoms with Gasteiger partial charge in [0, 0.05) is 31.7 Å². The van der Waals surface area contributed by atoms with Crippen LogP contribution in [0, 0.1) is 5.92 Å². The molecule has 2 fully saturated rings. The summed E-state index contributed by atoms with van der Waals surface area (Å²) in [4.78, 5) is 14.1. The number of nitrogens with one attached hydrogen (secondary N) is 1. The highest BCUT2D eigenvalue weighted by Gasteiger charge is 2.26. The molecule has 1 N–H and O–H groups in total. The maximum atomic E-state index is 11.9. The van der Waals surface area contributed by atoms with Gasteiger partial charge in [-0.05, 0) is 32.9 Å². The lowest BCUT2D eigenvalue weighted by Crippen LogP contribution is -2.41. The molecule has 86 valence electrons. The van der Waals surface area contributed by atoms with E-state index < -0.39 is 0 Å². The Labute approximate surface area is 91.0 Å². The lowest BCUT2D eigenvalue weighted by atomic mass is 9.99. The van der Waals surface area contributed by atoms with E-state index in [4.69, 9.17) is 4.74 Å². The van der Waals surface area contributed by atoms with Gasteiger partial charge in [0.1, 0.15) is 0 Å². The molecular formula is C11H20N2O2. The molecule has 2 aliphatic heterocycles. The van der Waals surface area contributed by atoms with Gasteiger partial charge >= 0.3 is 0 Å². The van der Waals surface area contributed by atoms with E-state index in [0.717, 1.165) is 45.6 Å². The van der Waals surface area contributed by atoms with Crippen LogP contribution >= 0.6 is 0 Å². The van der Waals surface area contributed by atoms with Crippen molar-refractivity contribution in [1.29, 1.82) is 0 Å². The maximum Gasteiger partial charge on any atom is 0.223 e. The zero-order valence-electron chi connectivity index (χ0n) is 9.37.